The lowest BCUT2D eigenvalue weighted by Gasteiger charge is -2.09. The van der Waals surface area contributed by atoms with Crippen LogP contribution in [0.2, 0.25) is 0 Å². The average molecular weight is 378 g/mol. The van der Waals surface area contributed by atoms with E-state index in [2.05, 4.69) is 38.1 Å². The summed E-state index contributed by atoms with van der Waals surface area (Å²) in [4.78, 5) is 0. The lowest BCUT2D eigenvalue weighted by Crippen LogP contribution is -2.03. The Balaban J connectivity index is 2.19. The first kappa shape index (κ1) is 13.0. The van der Waals surface area contributed by atoms with Crippen LogP contribution < -0.4 is 4.74 Å². The highest BCUT2D eigenvalue weighted by molar-refractivity contribution is 14.1. The smallest absolute Gasteiger partial charge is 0.188 e. The molecular weight excluding hydrogens is 367 g/mol. The molecule has 3 aromatic rings. The van der Waals surface area contributed by atoms with Gasteiger partial charge in [0, 0.05) is 9.13 Å². The Morgan fingerprint density at radius 1 is 1.05 bits per heavy atom. The van der Waals surface area contributed by atoms with Gasteiger partial charge in [-0.15, -0.1) is 5.10 Å². The van der Waals surface area contributed by atoms with Crippen molar-refractivity contribution in [3.63, 3.8) is 0 Å². The average Bonchev–Trinajstić information content (AvgIpc) is 2.96. The molecule has 6 heteroatoms. The molecule has 0 aliphatic heterocycles. The molecule has 20 heavy (non-hydrogen) atoms. The van der Waals surface area contributed by atoms with Gasteiger partial charge < -0.3 is 4.74 Å². The third-order valence-corrected chi connectivity index (χ3v) is 3.84. The van der Waals surface area contributed by atoms with Crippen molar-refractivity contribution in [2.45, 2.75) is 0 Å². The predicted octanol–water partition coefficient (Wildman–Crippen LogP) is 2.94. The summed E-state index contributed by atoms with van der Waals surface area (Å²) < 4.78 is 8.16. The number of halogens is 1. The number of para-hydroxylation sites is 2. The maximum Gasteiger partial charge on any atom is 0.188 e. The standard InChI is InChI=1S/C14H11IN4O/c1-20-13-9-5-4-8-12(13)19-14(16-17-18-19)10-6-2-3-7-11(10)15/h2-9H,1H3. The zero-order chi connectivity index (χ0) is 13.9. The fourth-order valence-electron chi connectivity index (χ4n) is 1.96. The minimum atomic E-state index is 0.694. The molecule has 0 N–H and O–H groups in total. The number of ether oxygens (including phenoxy) is 1. The molecule has 1 aromatic heterocycles. The third-order valence-electron chi connectivity index (χ3n) is 2.90. The van der Waals surface area contributed by atoms with E-state index in [4.69, 9.17) is 4.74 Å². The molecule has 0 bridgehead atoms. The van der Waals surface area contributed by atoms with E-state index in [-0.39, 0.29) is 0 Å². The van der Waals surface area contributed by atoms with Crippen LogP contribution in [0.25, 0.3) is 17.1 Å². The molecule has 3 rings (SSSR count). The zero-order valence-electron chi connectivity index (χ0n) is 10.7. The largest absolute Gasteiger partial charge is 0.494 e. The van der Waals surface area contributed by atoms with Crippen molar-refractivity contribution in [1.29, 1.82) is 0 Å². The molecule has 0 spiro atoms. The van der Waals surface area contributed by atoms with E-state index in [1.165, 1.54) is 0 Å². The molecule has 0 saturated heterocycles. The van der Waals surface area contributed by atoms with Gasteiger partial charge in [-0.2, -0.15) is 4.68 Å². The second-order valence-corrected chi connectivity index (χ2v) is 5.23. The molecule has 0 saturated carbocycles. The molecule has 0 fully saturated rings. The van der Waals surface area contributed by atoms with Gasteiger partial charge in [0.15, 0.2) is 5.82 Å². The Morgan fingerprint density at radius 2 is 1.80 bits per heavy atom. The number of methoxy groups -OCH3 is 1. The predicted molar refractivity (Wildman–Crippen MR) is 83.9 cm³/mol. The number of hydrogen-bond acceptors (Lipinski definition) is 4. The van der Waals surface area contributed by atoms with E-state index in [1.54, 1.807) is 11.8 Å². The van der Waals surface area contributed by atoms with Crippen LogP contribution in [-0.4, -0.2) is 27.3 Å². The third kappa shape index (κ3) is 2.26. The first-order chi connectivity index (χ1) is 9.81. The zero-order valence-corrected chi connectivity index (χ0v) is 12.9. The Bertz CT molecular complexity index is 741. The topological polar surface area (TPSA) is 52.8 Å². The summed E-state index contributed by atoms with van der Waals surface area (Å²) in [5.41, 5.74) is 1.80. The van der Waals surface area contributed by atoms with Crippen molar-refractivity contribution in [2.24, 2.45) is 0 Å². The van der Waals surface area contributed by atoms with Gasteiger partial charge in [-0.1, -0.05) is 30.3 Å². The summed E-state index contributed by atoms with van der Waals surface area (Å²) in [6.45, 7) is 0. The van der Waals surface area contributed by atoms with Gasteiger partial charge in [-0.3, -0.25) is 0 Å². The highest BCUT2D eigenvalue weighted by atomic mass is 127. The van der Waals surface area contributed by atoms with Gasteiger partial charge in [0.05, 0.1) is 7.11 Å². The molecule has 100 valence electrons. The fraction of sp³-hybridized carbons (Fsp3) is 0.0714. The summed E-state index contributed by atoms with van der Waals surface area (Å²) in [6.07, 6.45) is 0. The number of benzene rings is 2. The van der Waals surface area contributed by atoms with Crippen molar-refractivity contribution in [3.8, 4) is 22.8 Å². The highest BCUT2D eigenvalue weighted by Crippen LogP contribution is 2.28. The van der Waals surface area contributed by atoms with Crippen LogP contribution in [-0.2, 0) is 0 Å². The minimum absolute atomic E-state index is 0.694. The van der Waals surface area contributed by atoms with Crippen LogP contribution in [0.4, 0.5) is 0 Å². The molecule has 2 aromatic carbocycles. The second-order valence-electron chi connectivity index (χ2n) is 4.07. The summed E-state index contributed by atoms with van der Waals surface area (Å²) in [7, 11) is 1.63. The summed E-state index contributed by atoms with van der Waals surface area (Å²) >= 11 is 2.28. The Morgan fingerprint density at radius 3 is 2.60 bits per heavy atom. The number of tetrazole rings is 1. The van der Waals surface area contributed by atoms with Crippen LogP contribution in [0.3, 0.4) is 0 Å². The molecule has 0 radical (unpaired) electrons. The quantitative estimate of drug-likeness (QED) is 0.658. The van der Waals surface area contributed by atoms with E-state index >= 15 is 0 Å². The van der Waals surface area contributed by atoms with Crippen LogP contribution >= 0.6 is 22.6 Å². The van der Waals surface area contributed by atoms with E-state index in [9.17, 15) is 0 Å². The molecule has 0 aliphatic carbocycles. The number of hydrogen-bond donors (Lipinski definition) is 0. The Hall–Kier alpha value is -1.96. The van der Waals surface area contributed by atoms with Crippen LogP contribution in [0.1, 0.15) is 0 Å². The van der Waals surface area contributed by atoms with Crippen LogP contribution in [0, 0.1) is 3.57 Å². The molecule has 5 nitrogen and oxygen atoms in total. The van der Waals surface area contributed by atoms with Crippen molar-refractivity contribution >= 4 is 22.6 Å². The van der Waals surface area contributed by atoms with Gasteiger partial charge in [0.25, 0.3) is 0 Å². The van der Waals surface area contributed by atoms with Crippen LogP contribution in [0.5, 0.6) is 5.75 Å². The fourth-order valence-corrected chi connectivity index (χ4v) is 2.59. The summed E-state index contributed by atoms with van der Waals surface area (Å²) in [5.74, 6) is 1.42. The van der Waals surface area contributed by atoms with Crippen molar-refractivity contribution in [2.75, 3.05) is 7.11 Å². The van der Waals surface area contributed by atoms with Crippen molar-refractivity contribution in [3.05, 3.63) is 52.1 Å². The monoisotopic (exact) mass is 378 g/mol. The SMILES string of the molecule is COc1ccccc1-n1nnnc1-c1ccccc1I. The Labute approximate surface area is 129 Å². The van der Waals surface area contributed by atoms with E-state index in [0.29, 0.717) is 5.82 Å². The maximum atomic E-state index is 5.37. The second kappa shape index (κ2) is 5.58. The molecule has 1 heterocycles. The van der Waals surface area contributed by atoms with Crippen molar-refractivity contribution in [1.82, 2.24) is 20.2 Å². The first-order valence-corrected chi connectivity index (χ1v) is 7.06. The van der Waals surface area contributed by atoms with E-state index in [1.807, 2.05) is 48.5 Å². The van der Waals surface area contributed by atoms with Crippen LogP contribution in [0.15, 0.2) is 48.5 Å². The lowest BCUT2D eigenvalue weighted by molar-refractivity contribution is 0.411. The van der Waals surface area contributed by atoms with Crippen molar-refractivity contribution < 1.29 is 4.74 Å². The Kier molecular flexibility index (Phi) is 3.64. The lowest BCUT2D eigenvalue weighted by atomic mass is 10.2. The first-order valence-electron chi connectivity index (χ1n) is 5.98. The summed E-state index contributed by atoms with van der Waals surface area (Å²) in [6, 6.07) is 15.6. The van der Waals surface area contributed by atoms with Gasteiger partial charge in [0.1, 0.15) is 11.4 Å². The van der Waals surface area contributed by atoms with E-state index in [0.717, 1.165) is 20.6 Å². The molecular formula is C14H11IN4O. The maximum absolute atomic E-state index is 5.37. The molecule has 0 atom stereocenters. The molecule has 0 unspecified atom stereocenters. The highest BCUT2D eigenvalue weighted by Gasteiger charge is 2.15. The molecule has 0 aliphatic rings. The molecule has 0 amide bonds. The number of rotatable bonds is 3. The normalized spacial score (nSPS) is 10.5. The van der Waals surface area contributed by atoms with Gasteiger partial charge >= 0.3 is 0 Å². The van der Waals surface area contributed by atoms with Gasteiger partial charge in [-0.25, -0.2) is 0 Å². The van der Waals surface area contributed by atoms with E-state index < -0.39 is 0 Å². The minimum Gasteiger partial charge on any atom is -0.494 e. The number of aromatic nitrogens is 4. The number of nitrogens with zero attached hydrogens (tertiary/aromatic N) is 4. The van der Waals surface area contributed by atoms with Gasteiger partial charge in [0.2, 0.25) is 0 Å². The summed E-state index contributed by atoms with van der Waals surface area (Å²) in [5, 5.41) is 12.0. The van der Waals surface area contributed by atoms with Gasteiger partial charge in [-0.05, 0) is 51.2 Å².